The largest absolute Gasteiger partial charge is 0.394 e. The van der Waals surface area contributed by atoms with Crippen molar-refractivity contribution in [1.29, 1.82) is 0 Å². The van der Waals surface area contributed by atoms with Gasteiger partial charge in [-0.3, -0.25) is 4.57 Å². The predicted octanol–water partition coefficient (Wildman–Crippen LogP) is 0.598. The maximum atomic E-state index is 11.7. The molecule has 1 saturated heterocycles. The number of anilines is 1. The van der Waals surface area contributed by atoms with Crippen molar-refractivity contribution in [3.63, 3.8) is 0 Å². The number of rotatable bonds is 4. The van der Waals surface area contributed by atoms with Crippen molar-refractivity contribution in [3.05, 3.63) is 34.2 Å². The lowest BCUT2D eigenvalue weighted by Crippen LogP contribution is -2.27. The summed E-state index contributed by atoms with van der Waals surface area (Å²) in [5.41, 5.74) is 5.02. The zero-order chi connectivity index (χ0) is 13.8. The summed E-state index contributed by atoms with van der Waals surface area (Å²) in [6.45, 7) is -0.0724. The van der Waals surface area contributed by atoms with Gasteiger partial charge >= 0.3 is 5.69 Å². The van der Waals surface area contributed by atoms with Gasteiger partial charge in [-0.05, 0) is 17.7 Å². The number of aliphatic hydroxyl groups is 1. The van der Waals surface area contributed by atoms with Gasteiger partial charge in [-0.15, -0.1) is 11.8 Å². The third kappa shape index (κ3) is 3.17. The first-order valence-electron chi connectivity index (χ1n) is 5.96. The average Bonchev–Trinajstić information content (AvgIpc) is 2.79. The third-order valence-corrected chi connectivity index (χ3v) is 3.52. The van der Waals surface area contributed by atoms with E-state index in [1.807, 2.05) is 17.7 Å². The second-order valence-electron chi connectivity index (χ2n) is 4.32. The number of nitrogens with zero attached hydrogens (tertiary/aromatic N) is 2. The molecule has 0 amide bonds. The van der Waals surface area contributed by atoms with E-state index in [-0.39, 0.29) is 24.4 Å². The molecule has 0 radical (unpaired) electrons. The lowest BCUT2D eigenvalue weighted by Gasteiger charge is -2.14. The predicted molar refractivity (Wildman–Crippen MR) is 74.7 cm³/mol. The Morgan fingerprint density at radius 3 is 3.16 bits per heavy atom. The molecule has 0 bridgehead atoms. The highest BCUT2D eigenvalue weighted by Crippen LogP contribution is 2.33. The molecule has 1 aliphatic heterocycles. The van der Waals surface area contributed by atoms with Crippen LogP contribution in [0.3, 0.4) is 0 Å². The highest BCUT2D eigenvalue weighted by molar-refractivity contribution is 8.01. The average molecular weight is 283 g/mol. The normalized spacial score (nSPS) is 27.2. The highest BCUT2D eigenvalue weighted by atomic mass is 32.2. The standard InChI is InChI=1S/C12H17N3O3S/c1-19-5-3-8-6-11(18-9(8)7-16)15-4-2-10(13)14-12(15)17/h2-5,8-9,11,16H,6-7H2,1H3,(H2,13,14,17)/b5-3+. The van der Waals surface area contributed by atoms with Crippen molar-refractivity contribution in [2.45, 2.75) is 18.8 Å². The molecule has 0 spiro atoms. The number of aliphatic hydroxyl groups excluding tert-OH is 1. The number of nitrogen functional groups attached to an aromatic ring is 1. The molecule has 0 saturated carbocycles. The van der Waals surface area contributed by atoms with Crippen molar-refractivity contribution < 1.29 is 9.84 Å². The minimum Gasteiger partial charge on any atom is -0.394 e. The van der Waals surface area contributed by atoms with E-state index >= 15 is 0 Å². The first kappa shape index (κ1) is 14.1. The van der Waals surface area contributed by atoms with Gasteiger partial charge in [0.1, 0.15) is 12.0 Å². The van der Waals surface area contributed by atoms with Crippen LogP contribution in [0, 0.1) is 5.92 Å². The van der Waals surface area contributed by atoms with Gasteiger partial charge in [0, 0.05) is 18.5 Å². The molecular weight excluding hydrogens is 266 g/mol. The Hall–Kier alpha value is -1.31. The molecule has 0 aliphatic carbocycles. The van der Waals surface area contributed by atoms with E-state index in [2.05, 4.69) is 4.98 Å². The minimum atomic E-state index is -0.434. The Kier molecular flexibility index (Phi) is 4.62. The summed E-state index contributed by atoms with van der Waals surface area (Å²) in [5.74, 6) is 0.281. The summed E-state index contributed by atoms with van der Waals surface area (Å²) in [5, 5.41) is 11.3. The van der Waals surface area contributed by atoms with E-state index in [4.69, 9.17) is 10.5 Å². The maximum Gasteiger partial charge on any atom is 0.351 e. The Balaban J connectivity index is 2.19. The first-order valence-corrected chi connectivity index (χ1v) is 7.25. The Morgan fingerprint density at radius 2 is 2.53 bits per heavy atom. The number of hydrogen-bond donors (Lipinski definition) is 2. The SMILES string of the molecule is CS/C=C/C1CC(n2ccc(N)nc2=O)OC1CO. The van der Waals surface area contributed by atoms with Gasteiger partial charge in [-0.25, -0.2) is 4.79 Å². The molecule has 6 nitrogen and oxygen atoms in total. The van der Waals surface area contributed by atoms with Crippen LogP contribution in [0.4, 0.5) is 5.82 Å². The molecular formula is C12H17N3O3S. The summed E-state index contributed by atoms with van der Waals surface area (Å²) in [6.07, 6.45) is 5.47. The van der Waals surface area contributed by atoms with Crippen molar-refractivity contribution in [2.24, 2.45) is 5.92 Å². The lowest BCUT2D eigenvalue weighted by molar-refractivity contribution is -0.0293. The van der Waals surface area contributed by atoms with Crippen LogP contribution in [0.25, 0.3) is 0 Å². The summed E-state index contributed by atoms with van der Waals surface area (Å²) in [6, 6.07) is 1.56. The van der Waals surface area contributed by atoms with E-state index in [0.717, 1.165) is 0 Å². The number of thioether (sulfide) groups is 1. The van der Waals surface area contributed by atoms with Crippen molar-refractivity contribution in [1.82, 2.24) is 9.55 Å². The molecule has 3 unspecified atom stereocenters. The van der Waals surface area contributed by atoms with Crippen LogP contribution in [0.15, 0.2) is 28.5 Å². The van der Waals surface area contributed by atoms with E-state index in [1.165, 1.54) is 4.57 Å². The zero-order valence-electron chi connectivity index (χ0n) is 10.6. The Morgan fingerprint density at radius 1 is 1.74 bits per heavy atom. The molecule has 3 atom stereocenters. The second kappa shape index (κ2) is 6.23. The molecule has 0 aromatic carbocycles. The van der Waals surface area contributed by atoms with Crippen molar-refractivity contribution in [3.8, 4) is 0 Å². The number of aromatic nitrogens is 2. The zero-order valence-corrected chi connectivity index (χ0v) is 11.4. The van der Waals surface area contributed by atoms with E-state index in [1.54, 1.807) is 24.0 Å². The number of nitrogens with two attached hydrogens (primary N) is 1. The summed E-state index contributed by atoms with van der Waals surface area (Å²) >= 11 is 1.59. The second-order valence-corrected chi connectivity index (χ2v) is 5.06. The van der Waals surface area contributed by atoms with Crippen LogP contribution in [0.5, 0.6) is 0 Å². The van der Waals surface area contributed by atoms with E-state index in [0.29, 0.717) is 6.42 Å². The highest BCUT2D eigenvalue weighted by Gasteiger charge is 2.34. The molecule has 1 aliphatic rings. The van der Waals surface area contributed by atoms with Crippen LogP contribution in [0.2, 0.25) is 0 Å². The van der Waals surface area contributed by atoms with Crippen molar-refractivity contribution in [2.75, 3.05) is 18.6 Å². The topological polar surface area (TPSA) is 90.4 Å². The molecule has 104 valence electrons. The first-order chi connectivity index (χ1) is 9.15. The molecule has 7 heteroatoms. The lowest BCUT2D eigenvalue weighted by atomic mass is 10.0. The molecule has 1 aromatic heterocycles. The fourth-order valence-corrected chi connectivity index (χ4v) is 2.49. The minimum absolute atomic E-state index is 0.0724. The Labute approximate surface area is 115 Å². The number of ether oxygens (including phenoxy) is 1. The molecule has 1 fully saturated rings. The van der Waals surface area contributed by atoms with Gasteiger partial charge in [0.2, 0.25) is 0 Å². The summed E-state index contributed by atoms with van der Waals surface area (Å²) < 4.78 is 7.11. The Bertz CT molecular complexity index is 517. The molecule has 3 N–H and O–H groups in total. The van der Waals surface area contributed by atoms with E-state index < -0.39 is 11.9 Å². The van der Waals surface area contributed by atoms with Gasteiger partial charge in [0.25, 0.3) is 0 Å². The van der Waals surface area contributed by atoms with Crippen molar-refractivity contribution >= 4 is 17.6 Å². The van der Waals surface area contributed by atoms with Crippen LogP contribution in [-0.4, -0.2) is 33.6 Å². The van der Waals surface area contributed by atoms with E-state index in [9.17, 15) is 9.90 Å². The monoisotopic (exact) mass is 283 g/mol. The van der Waals surface area contributed by atoms with Crippen LogP contribution in [0.1, 0.15) is 12.6 Å². The fraction of sp³-hybridized carbons (Fsp3) is 0.500. The van der Waals surface area contributed by atoms with Gasteiger partial charge in [-0.2, -0.15) is 4.98 Å². The molecule has 19 heavy (non-hydrogen) atoms. The quantitative estimate of drug-likeness (QED) is 0.841. The summed E-state index contributed by atoms with van der Waals surface area (Å²) in [7, 11) is 0. The van der Waals surface area contributed by atoms with Gasteiger partial charge in [0.15, 0.2) is 0 Å². The van der Waals surface area contributed by atoms with Crippen LogP contribution in [-0.2, 0) is 4.74 Å². The molecule has 2 heterocycles. The van der Waals surface area contributed by atoms with Crippen LogP contribution < -0.4 is 11.4 Å². The fourth-order valence-electron chi connectivity index (χ4n) is 2.13. The van der Waals surface area contributed by atoms with Gasteiger partial charge in [0.05, 0.1) is 12.7 Å². The molecule has 1 aromatic rings. The van der Waals surface area contributed by atoms with Crippen LogP contribution >= 0.6 is 11.8 Å². The smallest absolute Gasteiger partial charge is 0.351 e. The molecule has 2 rings (SSSR count). The summed E-state index contributed by atoms with van der Waals surface area (Å²) in [4.78, 5) is 15.4. The van der Waals surface area contributed by atoms with Gasteiger partial charge in [-0.1, -0.05) is 6.08 Å². The third-order valence-electron chi connectivity index (χ3n) is 3.09. The number of hydrogen-bond acceptors (Lipinski definition) is 6. The van der Waals surface area contributed by atoms with Gasteiger partial charge < -0.3 is 15.6 Å². The maximum absolute atomic E-state index is 11.7.